The third-order valence-electron chi connectivity index (χ3n) is 17.0. The van der Waals surface area contributed by atoms with Gasteiger partial charge in [-0.25, -0.2) is 0 Å². The molecule has 0 rings (SSSR count). The molecule has 0 fully saturated rings. The maximum atomic E-state index is 12.9. The quantitative estimate of drug-likeness (QED) is 0.0261. The first kappa shape index (κ1) is 78.9. The maximum absolute atomic E-state index is 12.9. The number of hydrogen-bond acceptors (Lipinski definition) is 6. The van der Waals surface area contributed by atoms with E-state index in [2.05, 4.69) is 45.1 Å². The Morgan fingerprint density at radius 2 is 0.444 bits per heavy atom. The second kappa shape index (κ2) is 70.4. The van der Waals surface area contributed by atoms with E-state index in [1.165, 1.54) is 308 Å². The van der Waals surface area contributed by atoms with Gasteiger partial charge in [0.05, 0.1) is 0 Å². The summed E-state index contributed by atoms with van der Waals surface area (Å²) in [4.78, 5) is 38.4. The molecule has 0 heterocycles. The van der Waals surface area contributed by atoms with Crippen molar-refractivity contribution < 1.29 is 28.6 Å². The Kier molecular flexibility index (Phi) is 68.5. The largest absolute Gasteiger partial charge is 0.462 e. The summed E-state index contributed by atoms with van der Waals surface area (Å²) >= 11 is 0. The third kappa shape index (κ3) is 68.6. The Morgan fingerprint density at radius 3 is 0.704 bits per heavy atom. The highest BCUT2D eigenvalue weighted by Crippen LogP contribution is 2.19. The number of ether oxygens (including phenoxy) is 3. The number of allylic oxidation sites excluding steroid dienone is 4. The highest BCUT2D eigenvalue weighted by Gasteiger charge is 2.20. The van der Waals surface area contributed by atoms with E-state index in [0.717, 1.165) is 70.6 Å². The summed E-state index contributed by atoms with van der Waals surface area (Å²) in [5, 5.41) is 0. The molecule has 0 saturated heterocycles. The summed E-state index contributed by atoms with van der Waals surface area (Å²) in [6.45, 7) is 6.69. The van der Waals surface area contributed by atoms with Crippen molar-refractivity contribution in [2.75, 3.05) is 13.2 Å². The second-order valence-corrected chi connectivity index (χ2v) is 25.2. The first-order chi connectivity index (χ1) is 40.0. The van der Waals surface area contributed by atoms with Crippen LogP contribution in [-0.2, 0) is 28.6 Å². The van der Waals surface area contributed by atoms with E-state index in [1.54, 1.807) is 0 Å². The number of esters is 3. The number of carbonyl (C=O) groups excluding carboxylic acids is 3. The van der Waals surface area contributed by atoms with Crippen molar-refractivity contribution in [1.82, 2.24) is 0 Å². The van der Waals surface area contributed by atoms with Gasteiger partial charge in [-0.05, 0) is 51.4 Å². The van der Waals surface area contributed by atoms with Gasteiger partial charge in [0, 0.05) is 19.3 Å². The van der Waals surface area contributed by atoms with Gasteiger partial charge in [0.1, 0.15) is 13.2 Å². The predicted molar refractivity (Wildman–Crippen MR) is 353 cm³/mol. The van der Waals surface area contributed by atoms with E-state index < -0.39 is 6.10 Å². The molecule has 1 atom stereocenters. The van der Waals surface area contributed by atoms with E-state index in [0.29, 0.717) is 19.3 Å². The highest BCUT2D eigenvalue weighted by atomic mass is 16.6. The lowest BCUT2D eigenvalue weighted by Crippen LogP contribution is -2.30. The lowest BCUT2D eigenvalue weighted by atomic mass is 10.0. The topological polar surface area (TPSA) is 78.9 Å². The molecular weight excluding hydrogens is 997 g/mol. The highest BCUT2D eigenvalue weighted by molar-refractivity contribution is 5.71. The molecule has 478 valence electrons. The van der Waals surface area contributed by atoms with Gasteiger partial charge in [-0.1, -0.05) is 373 Å². The van der Waals surface area contributed by atoms with Crippen molar-refractivity contribution >= 4 is 17.9 Å². The zero-order valence-electron chi connectivity index (χ0n) is 55.1. The van der Waals surface area contributed by atoms with Crippen LogP contribution in [0.3, 0.4) is 0 Å². The molecule has 0 aliphatic heterocycles. The minimum atomic E-state index is -0.772. The molecule has 0 N–H and O–H groups in total. The Balaban J connectivity index is 4.08. The van der Waals surface area contributed by atoms with Gasteiger partial charge in [0.15, 0.2) is 6.10 Å². The summed E-state index contributed by atoms with van der Waals surface area (Å²) in [6.07, 6.45) is 86.6. The molecular formula is C75H142O6. The molecule has 0 saturated carbocycles. The predicted octanol–water partition coefficient (Wildman–Crippen LogP) is 25.3. The Hall–Kier alpha value is -2.11. The summed E-state index contributed by atoms with van der Waals surface area (Å²) in [5.74, 6) is -0.845. The van der Waals surface area contributed by atoms with Crippen molar-refractivity contribution in [3.8, 4) is 0 Å². The molecule has 81 heavy (non-hydrogen) atoms. The molecule has 0 spiro atoms. The average Bonchev–Trinajstić information content (AvgIpc) is 3.46. The summed E-state index contributed by atoms with van der Waals surface area (Å²) < 4.78 is 17.0. The molecule has 0 aromatic heterocycles. The standard InChI is InChI=1S/C75H142O6/c1-4-7-10-13-16-19-22-25-27-29-30-31-32-33-34-35-36-37-38-39-40-41-42-43-44-46-47-50-53-56-59-62-65-68-74(77)80-71-72(70-79-73(76)67-64-61-58-55-52-49-24-21-18-15-12-9-6-3)81-75(78)69-66-63-60-57-54-51-48-45-28-26-23-20-17-14-11-8-5-2/h17,20,26,28,72H,4-16,18-19,21-25,27,29-71H2,1-3H3/b20-17-,28-26-. The number of hydrogen-bond donors (Lipinski definition) is 0. The van der Waals surface area contributed by atoms with Gasteiger partial charge in [-0.3, -0.25) is 14.4 Å². The van der Waals surface area contributed by atoms with Crippen molar-refractivity contribution in [2.45, 2.75) is 425 Å². The van der Waals surface area contributed by atoms with Gasteiger partial charge in [0.25, 0.3) is 0 Å². The minimum absolute atomic E-state index is 0.0683. The Morgan fingerprint density at radius 1 is 0.247 bits per heavy atom. The Labute approximate surface area is 506 Å². The van der Waals surface area contributed by atoms with Crippen LogP contribution in [0.5, 0.6) is 0 Å². The maximum Gasteiger partial charge on any atom is 0.306 e. The zero-order chi connectivity index (χ0) is 58.5. The first-order valence-electron chi connectivity index (χ1n) is 36.8. The third-order valence-corrected chi connectivity index (χ3v) is 17.0. The minimum Gasteiger partial charge on any atom is -0.462 e. The lowest BCUT2D eigenvalue weighted by Gasteiger charge is -2.18. The Bertz CT molecular complexity index is 1310. The van der Waals surface area contributed by atoms with Crippen molar-refractivity contribution in [3.63, 3.8) is 0 Å². The second-order valence-electron chi connectivity index (χ2n) is 25.2. The summed E-state index contributed by atoms with van der Waals surface area (Å²) in [5.41, 5.74) is 0. The van der Waals surface area contributed by atoms with Crippen LogP contribution in [0.4, 0.5) is 0 Å². The van der Waals surface area contributed by atoms with Crippen molar-refractivity contribution in [1.29, 1.82) is 0 Å². The fourth-order valence-electron chi connectivity index (χ4n) is 11.4. The first-order valence-corrected chi connectivity index (χ1v) is 36.8. The van der Waals surface area contributed by atoms with E-state index >= 15 is 0 Å². The number of carbonyl (C=O) groups is 3. The van der Waals surface area contributed by atoms with Crippen LogP contribution in [0.1, 0.15) is 419 Å². The summed E-state index contributed by atoms with van der Waals surface area (Å²) in [6, 6.07) is 0. The van der Waals surface area contributed by atoms with Crippen LogP contribution in [0.2, 0.25) is 0 Å². The summed E-state index contributed by atoms with van der Waals surface area (Å²) in [7, 11) is 0. The van der Waals surface area contributed by atoms with Crippen LogP contribution >= 0.6 is 0 Å². The molecule has 0 aromatic carbocycles. The molecule has 6 heteroatoms. The molecule has 0 amide bonds. The molecule has 0 radical (unpaired) electrons. The zero-order valence-corrected chi connectivity index (χ0v) is 55.1. The average molecular weight is 1140 g/mol. The molecule has 0 aliphatic carbocycles. The van der Waals surface area contributed by atoms with Gasteiger partial charge in [0.2, 0.25) is 0 Å². The fraction of sp³-hybridized carbons (Fsp3) is 0.907. The molecule has 1 unspecified atom stereocenters. The van der Waals surface area contributed by atoms with Gasteiger partial charge >= 0.3 is 17.9 Å². The molecule has 0 aromatic rings. The van der Waals surface area contributed by atoms with Gasteiger partial charge in [-0.15, -0.1) is 0 Å². The van der Waals surface area contributed by atoms with Crippen molar-refractivity contribution in [3.05, 3.63) is 24.3 Å². The van der Waals surface area contributed by atoms with E-state index in [4.69, 9.17) is 14.2 Å². The van der Waals surface area contributed by atoms with Crippen LogP contribution in [0.25, 0.3) is 0 Å². The van der Waals surface area contributed by atoms with Gasteiger partial charge in [-0.2, -0.15) is 0 Å². The lowest BCUT2D eigenvalue weighted by molar-refractivity contribution is -0.167. The molecule has 0 aliphatic rings. The van der Waals surface area contributed by atoms with E-state index in [9.17, 15) is 14.4 Å². The van der Waals surface area contributed by atoms with E-state index in [-0.39, 0.29) is 31.1 Å². The SMILES string of the molecule is CCCCC/C=C\C/C=C\CCCCCCCCCC(=O)OC(COC(=O)CCCCCCCCCCCCCCC)COC(=O)CCCCCCCCCCCCCCCCCCCCCCCCCCCCCCCCCCC. The van der Waals surface area contributed by atoms with Crippen LogP contribution in [0.15, 0.2) is 24.3 Å². The monoisotopic (exact) mass is 1140 g/mol. The molecule has 0 bridgehead atoms. The normalized spacial score (nSPS) is 12.1. The fourth-order valence-corrected chi connectivity index (χ4v) is 11.4. The van der Waals surface area contributed by atoms with Crippen LogP contribution in [-0.4, -0.2) is 37.2 Å². The van der Waals surface area contributed by atoms with Gasteiger partial charge < -0.3 is 14.2 Å². The number of unbranched alkanes of at least 4 members (excludes halogenated alkanes) is 54. The molecule has 6 nitrogen and oxygen atoms in total. The van der Waals surface area contributed by atoms with E-state index in [1.807, 2.05) is 0 Å². The smallest absolute Gasteiger partial charge is 0.306 e. The van der Waals surface area contributed by atoms with Crippen LogP contribution in [0, 0.1) is 0 Å². The van der Waals surface area contributed by atoms with Crippen molar-refractivity contribution in [2.24, 2.45) is 0 Å². The number of rotatable bonds is 69. The van der Waals surface area contributed by atoms with Crippen LogP contribution < -0.4 is 0 Å².